The highest BCUT2D eigenvalue weighted by atomic mass is 16.4. The van der Waals surface area contributed by atoms with Crippen LogP contribution in [0.1, 0.15) is 27.0 Å². The number of nitrogens with zero attached hydrogens (tertiary/aromatic N) is 2. The first-order chi connectivity index (χ1) is 13.1. The van der Waals surface area contributed by atoms with Crippen molar-refractivity contribution in [2.75, 3.05) is 5.32 Å². The molecule has 1 aromatic heterocycles. The number of carboxylic acids is 1. The Morgan fingerprint density at radius 1 is 1.00 bits per heavy atom. The molecule has 0 aliphatic carbocycles. The molecule has 0 unspecified atom stereocenters. The smallest absolute Gasteiger partial charge is 0.335 e. The lowest BCUT2D eigenvalue weighted by Crippen LogP contribution is -2.10. The van der Waals surface area contributed by atoms with Gasteiger partial charge < -0.3 is 5.11 Å². The van der Waals surface area contributed by atoms with Gasteiger partial charge in [0.25, 0.3) is 5.91 Å². The molecule has 3 aromatic rings. The number of hydrogen-bond acceptors (Lipinski definition) is 4. The van der Waals surface area contributed by atoms with Crippen LogP contribution in [0.5, 0.6) is 0 Å². The number of carboxylic acid groups (broad SMARTS) is 1. The summed E-state index contributed by atoms with van der Waals surface area (Å²) >= 11 is 0. The second-order valence-corrected chi connectivity index (χ2v) is 5.78. The minimum Gasteiger partial charge on any atom is -0.478 e. The molecule has 0 atom stereocenters. The van der Waals surface area contributed by atoms with Crippen LogP contribution >= 0.6 is 0 Å². The Labute approximate surface area is 156 Å². The monoisotopic (exact) mass is 359 g/mol. The van der Waals surface area contributed by atoms with Gasteiger partial charge in [-0.3, -0.25) is 10.1 Å². The van der Waals surface area contributed by atoms with Crippen LogP contribution in [0.2, 0.25) is 0 Å². The van der Waals surface area contributed by atoms with E-state index in [-0.39, 0.29) is 17.4 Å². The Morgan fingerprint density at radius 3 is 2.44 bits per heavy atom. The highest BCUT2D eigenvalue weighted by molar-refractivity contribution is 6.01. The van der Waals surface area contributed by atoms with Crippen LogP contribution in [-0.4, -0.2) is 27.0 Å². The molecule has 0 fully saturated rings. The zero-order chi connectivity index (χ0) is 19.1. The third-order valence-electron chi connectivity index (χ3n) is 3.83. The van der Waals surface area contributed by atoms with Gasteiger partial charge in [0.05, 0.1) is 5.56 Å². The van der Waals surface area contributed by atoms with Gasteiger partial charge in [-0.2, -0.15) is 0 Å². The average molecular weight is 359 g/mol. The minimum absolute atomic E-state index is 0.221. The minimum atomic E-state index is -0.976. The van der Waals surface area contributed by atoms with Gasteiger partial charge in [0, 0.05) is 18.5 Å². The van der Waals surface area contributed by atoms with Gasteiger partial charge in [0.15, 0.2) is 0 Å². The van der Waals surface area contributed by atoms with Crippen LogP contribution in [0.4, 0.5) is 5.95 Å². The van der Waals surface area contributed by atoms with Crippen LogP contribution in [0.15, 0.2) is 73.1 Å². The number of aromatic nitrogens is 2. The van der Waals surface area contributed by atoms with Crippen molar-refractivity contribution in [3.63, 3.8) is 0 Å². The fourth-order valence-corrected chi connectivity index (χ4v) is 2.58. The highest BCUT2D eigenvalue weighted by Gasteiger charge is 2.11. The Bertz CT molecular complexity index is 970. The van der Waals surface area contributed by atoms with Gasteiger partial charge in [-0.05, 0) is 41.3 Å². The Hall–Kier alpha value is -3.80. The molecule has 3 rings (SSSR count). The number of carbonyl (C=O) groups excluding carboxylic acids is 1. The van der Waals surface area contributed by atoms with E-state index < -0.39 is 5.97 Å². The summed E-state index contributed by atoms with van der Waals surface area (Å²) < 4.78 is 0. The molecule has 0 aliphatic rings. The molecule has 2 N–H and O–H groups in total. The second kappa shape index (κ2) is 8.53. The largest absolute Gasteiger partial charge is 0.478 e. The maximum Gasteiger partial charge on any atom is 0.335 e. The molecule has 0 saturated carbocycles. The first-order valence-electron chi connectivity index (χ1n) is 8.28. The first kappa shape index (κ1) is 18.0. The molecule has 0 radical (unpaired) electrons. The summed E-state index contributed by atoms with van der Waals surface area (Å²) in [4.78, 5) is 31.3. The fourth-order valence-electron chi connectivity index (χ4n) is 2.58. The highest BCUT2D eigenvalue weighted by Crippen LogP contribution is 2.18. The number of anilines is 1. The van der Waals surface area contributed by atoms with E-state index in [0.29, 0.717) is 12.0 Å². The lowest BCUT2D eigenvalue weighted by molar-refractivity contribution is -0.111. The molecule has 1 amide bonds. The number of aromatic carboxylic acids is 1. The maximum absolute atomic E-state index is 12.0. The first-order valence-corrected chi connectivity index (χ1v) is 8.28. The third kappa shape index (κ3) is 5.09. The molecule has 0 saturated heterocycles. The molecular weight excluding hydrogens is 342 g/mol. The van der Waals surface area contributed by atoms with E-state index >= 15 is 0 Å². The summed E-state index contributed by atoms with van der Waals surface area (Å²) in [6.07, 6.45) is 6.55. The molecule has 0 bridgehead atoms. The van der Waals surface area contributed by atoms with E-state index in [1.807, 2.05) is 30.3 Å². The molecule has 134 valence electrons. The van der Waals surface area contributed by atoms with Crippen molar-refractivity contribution in [3.8, 4) is 0 Å². The molecule has 27 heavy (non-hydrogen) atoms. The molecule has 0 aliphatic heterocycles. The van der Waals surface area contributed by atoms with E-state index in [1.54, 1.807) is 30.3 Å². The molecule has 1 heterocycles. The topological polar surface area (TPSA) is 92.2 Å². The quantitative estimate of drug-likeness (QED) is 0.658. The number of nitrogens with one attached hydrogen (secondary N) is 1. The Kier molecular flexibility index (Phi) is 5.69. The number of amides is 1. The van der Waals surface area contributed by atoms with Gasteiger partial charge in [-0.1, -0.05) is 42.5 Å². The summed E-state index contributed by atoms with van der Waals surface area (Å²) in [5.41, 5.74) is 2.68. The number of rotatable bonds is 6. The summed E-state index contributed by atoms with van der Waals surface area (Å²) in [5, 5.41) is 12.0. The normalized spacial score (nSPS) is 10.7. The average Bonchev–Trinajstić information content (AvgIpc) is 2.68. The molecular formula is C21H17N3O3. The number of carbonyl (C=O) groups is 2. The number of benzene rings is 2. The van der Waals surface area contributed by atoms with Gasteiger partial charge in [0.1, 0.15) is 0 Å². The maximum atomic E-state index is 12.0. The van der Waals surface area contributed by atoms with Gasteiger partial charge in [0.2, 0.25) is 5.95 Å². The van der Waals surface area contributed by atoms with Gasteiger partial charge in [-0.25, -0.2) is 14.8 Å². The zero-order valence-corrected chi connectivity index (χ0v) is 14.4. The molecule has 0 spiro atoms. The standard InChI is InChI=1S/C21H17N3O3/c25-19(24-21-22-11-4-12-23-21)10-8-16-7-9-18(20(26)27)17(14-16)13-15-5-2-1-3-6-15/h1-12,14H,13H2,(H,26,27)(H,22,23,24,25)/b10-8+. The summed E-state index contributed by atoms with van der Waals surface area (Å²) in [6.45, 7) is 0. The fraction of sp³-hybridized carbons (Fsp3) is 0.0476. The summed E-state index contributed by atoms with van der Waals surface area (Å²) in [7, 11) is 0. The van der Waals surface area contributed by atoms with Crippen LogP contribution in [0.25, 0.3) is 6.08 Å². The third-order valence-corrected chi connectivity index (χ3v) is 3.83. The van der Waals surface area contributed by atoms with Crippen molar-refractivity contribution in [2.45, 2.75) is 6.42 Å². The van der Waals surface area contributed by atoms with Crippen LogP contribution in [0.3, 0.4) is 0 Å². The molecule has 6 nitrogen and oxygen atoms in total. The lowest BCUT2D eigenvalue weighted by Gasteiger charge is -2.08. The Balaban J connectivity index is 1.78. The van der Waals surface area contributed by atoms with Gasteiger partial charge >= 0.3 is 5.97 Å². The van der Waals surface area contributed by atoms with Crippen molar-refractivity contribution < 1.29 is 14.7 Å². The van der Waals surface area contributed by atoms with E-state index in [0.717, 1.165) is 11.1 Å². The van der Waals surface area contributed by atoms with Gasteiger partial charge in [-0.15, -0.1) is 0 Å². The van der Waals surface area contributed by atoms with E-state index in [9.17, 15) is 14.7 Å². The van der Waals surface area contributed by atoms with Crippen LogP contribution < -0.4 is 5.32 Å². The summed E-state index contributed by atoms with van der Waals surface area (Å²) in [6, 6.07) is 16.3. The SMILES string of the molecule is O=C(/C=C/c1ccc(C(=O)O)c(Cc2ccccc2)c1)Nc1ncccn1. The van der Waals surface area contributed by atoms with Crippen molar-refractivity contribution in [2.24, 2.45) is 0 Å². The van der Waals surface area contributed by atoms with Crippen molar-refractivity contribution in [3.05, 3.63) is 95.3 Å². The van der Waals surface area contributed by atoms with E-state index in [2.05, 4.69) is 15.3 Å². The Morgan fingerprint density at radius 2 is 1.74 bits per heavy atom. The lowest BCUT2D eigenvalue weighted by atomic mass is 9.97. The summed E-state index contributed by atoms with van der Waals surface area (Å²) in [5.74, 6) is -1.12. The molecule has 2 aromatic carbocycles. The zero-order valence-electron chi connectivity index (χ0n) is 14.4. The van der Waals surface area contributed by atoms with Crippen LogP contribution in [-0.2, 0) is 11.2 Å². The number of hydrogen-bond donors (Lipinski definition) is 2. The van der Waals surface area contributed by atoms with E-state index in [1.165, 1.54) is 18.5 Å². The van der Waals surface area contributed by atoms with Crippen molar-refractivity contribution in [1.82, 2.24) is 9.97 Å². The van der Waals surface area contributed by atoms with Crippen molar-refractivity contribution in [1.29, 1.82) is 0 Å². The second-order valence-electron chi connectivity index (χ2n) is 5.78. The van der Waals surface area contributed by atoms with E-state index in [4.69, 9.17) is 0 Å². The predicted molar refractivity (Wildman–Crippen MR) is 102 cm³/mol. The predicted octanol–water partition coefficient (Wildman–Crippen LogP) is 3.42. The van der Waals surface area contributed by atoms with Crippen LogP contribution in [0, 0.1) is 0 Å². The molecule has 6 heteroatoms. The van der Waals surface area contributed by atoms with Crippen molar-refractivity contribution >= 4 is 23.9 Å².